The Kier molecular flexibility index (Phi) is 5.37. The monoisotopic (exact) mass is 262 g/mol. The minimum absolute atomic E-state index is 0.0351. The summed E-state index contributed by atoms with van der Waals surface area (Å²) in [5.74, 6) is 0. The van der Waals surface area contributed by atoms with Gasteiger partial charge in [0.1, 0.15) is 0 Å². The largest absolute Gasteiger partial charge is 0.375 e. The standard InChI is InChI=1S/C16H26N2O/c1-16(2)12-15(8-11-19-16)18-10-9-17-13-14-6-4-3-5-7-14/h3-7,15,17-18H,8-13H2,1-2H3/t15-/m1/s1. The molecule has 1 aliphatic heterocycles. The quantitative estimate of drug-likeness (QED) is 0.772. The zero-order valence-electron chi connectivity index (χ0n) is 12.1. The van der Waals surface area contributed by atoms with E-state index in [1.165, 1.54) is 5.56 Å². The van der Waals surface area contributed by atoms with Crippen LogP contribution in [0, 0.1) is 0 Å². The lowest BCUT2D eigenvalue weighted by Crippen LogP contribution is -2.45. The van der Waals surface area contributed by atoms with Gasteiger partial charge in [0.25, 0.3) is 0 Å². The first-order chi connectivity index (χ1) is 9.16. The summed E-state index contributed by atoms with van der Waals surface area (Å²) in [5.41, 5.74) is 1.38. The molecule has 1 aromatic carbocycles. The van der Waals surface area contributed by atoms with Crippen molar-refractivity contribution in [1.82, 2.24) is 10.6 Å². The Balaban J connectivity index is 1.57. The molecule has 2 rings (SSSR count). The van der Waals surface area contributed by atoms with E-state index < -0.39 is 0 Å². The van der Waals surface area contributed by atoms with Crippen molar-refractivity contribution in [3.63, 3.8) is 0 Å². The molecule has 1 aromatic rings. The molecule has 1 atom stereocenters. The second-order valence-electron chi connectivity index (χ2n) is 5.91. The van der Waals surface area contributed by atoms with Gasteiger partial charge >= 0.3 is 0 Å². The molecular weight excluding hydrogens is 236 g/mol. The maximum Gasteiger partial charge on any atom is 0.0641 e. The first-order valence-electron chi connectivity index (χ1n) is 7.28. The molecule has 0 aromatic heterocycles. The summed E-state index contributed by atoms with van der Waals surface area (Å²) in [7, 11) is 0. The van der Waals surface area contributed by atoms with Crippen molar-refractivity contribution < 1.29 is 4.74 Å². The minimum atomic E-state index is 0.0351. The van der Waals surface area contributed by atoms with Crippen LogP contribution in [0.2, 0.25) is 0 Å². The highest BCUT2D eigenvalue weighted by Gasteiger charge is 2.28. The van der Waals surface area contributed by atoms with Crippen LogP contribution in [-0.4, -0.2) is 31.3 Å². The Bertz CT molecular complexity index is 364. The van der Waals surface area contributed by atoms with Crippen molar-refractivity contribution >= 4 is 0 Å². The van der Waals surface area contributed by atoms with Crippen LogP contribution < -0.4 is 10.6 Å². The van der Waals surface area contributed by atoms with Gasteiger partial charge in [-0.25, -0.2) is 0 Å². The van der Waals surface area contributed by atoms with Gasteiger partial charge in [-0.15, -0.1) is 0 Å². The van der Waals surface area contributed by atoms with Crippen molar-refractivity contribution in [3.05, 3.63) is 35.9 Å². The van der Waals surface area contributed by atoms with Crippen LogP contribution in [0.3, 0.4) is 0 Å². The third kappa shape index (κ3) is 5.31. The summed E-state index contributed by atoms with van der Waals surface area (Å²) in [6.45, 7) is 8.20. The normalized spacial score (nSPS) is 22.3. The van der Waals surface area contributed by atoms with Gasteiger partial charge in [-0.2, -0.15) is 0 Å². The molecule has 3 heteroatoms. The van der Waals surface area contributed by atoms with E-state index in [4.69, 9.17) is 4.74 Å². The van der Waals surface area contributed by atoms with E-state index >= 15 is 0 Å². The van der Waals surface area contributed by atoms with Crippen LogP contribution in [0.4, 0.5) is 0 Å². The van der Waals surface area contributed by atoms with Gasteiger partial charge in [0, 0.05) is 32.3 Å². The summed E-state index contributed by atoms with van der Waals surface area (Å²) in [6, 6.07) is 11.1. The van der Waals surface area contributed by atoms with Crippen molar-refractivity contribution in [2.45, 2.75) is 44.9 Å². The number of nitrogens with one attached hydrogen (secondary N) is 2. The van der Waals surface area contributed by atoms with Gasteiger partial charge in [0.05, 0.1) is 5.60 Å². The molecule has 0 saturated carbocycles. The highest BCUT2D eigenvalue weighted by atomic mass is 16.5. The fraction of sp³-hybridized carbons (Fsp3) is 0.625. The molecular formula is C16H26N2O. The van der Waals surface area contributed by atoms with Crippen molar-refractivity contribution in [3.8, 4) is 0 Å². The topological polar surface area (TPSA) is 33.3 Å². The van der Waals surface area contributed by atoms with Crippen molar-refractivity contribution in [2.24, 2.45) is 0 Å². The zero-order chi connectivity index (χ0) is 13.6. The maximum absolute atomic E-state index is 5.73. The van der Waals surface area contributed by atoms with E-state index in [1.54, 1.807) is 0 Å². The molecule has 1 fully saturated rings. The van der Waals surface area contributed by atoms with Crippen molar-refractivity contribution in [2.75, 3.05) is 19.7 Å². The number of benzene rings is 1. The average molecular weight is 262 g/mol. The number of hydrogen-bond donors (Lipinski definition) is 2. The lowest BCUT2D eigenvalue weighted by Gasteiger charge is -2.36. The molecule has 1 aliphatic rings. The number of ether oxygens (including phenoxy) is 1. The van der Waals surface area contributed by atoms with E-state index in [0.29, 0.717) is 6.04 Å². The summed E-state index contributed by atoms with van der Waals surface area (Å²) in [6.07, 6.45) is 2.23. The number of hydrogen-bond acceptors (Lipinski definition) is 3. The van der Waals surface area contributed by atoms with E-state index in [2.05, 4.69) is 54.8 Å². The fourth-order valence-electron chi connectivity index (χ4n) is 2.60. The molecule has 0 bridgehead atoms. The second-order valence-corrected chi connectivity index (χ2v) is 5.91. The van der Waals surface area contributed by atoms with Crippen LogP contribution in [0.15, 0.2) is 30.3 Å². The van der Waals surface area contributed by atoms with Gasteiger partial charge in [-0.05, 0) is 32.3 Å². The van der Waals surface area contributed by atoms with Crippen LogP contribution in [-0.2, 0) is 11.3 Å². The van der Waals surface area contributed by atoms with Gasteiger partial charge in [-0.1, -0.05) is 30.3 Å². The Hall–Kier alpha value is -0.900. The first kappa shape index (κ1) is 14.5. The predicted molar refractivity (Wildman–Crippen MR) is 79.2 cm³/mol. The number of rotatable bonds is 6. The minimum Gasteiger partial charge on any atom is -0.375 e. The lowest BCUT2D eigenvalue weighted by atomic mass is 9.94. The Labute approximate surface area is 116 Å². The summed E-state index contributed by atoms with van der Waals surface area (Å²) < 4.78 is 5.73. The zero-order valence-corrected chi connectivity index (χ0v) is 12.1. The van der Waals surface area contributed by atoms with Crippen molar-refractivity contribution in [1.29, 1.82) is 0 Å². The van der Waals surface area contributed by atoms with Crippen LogP contribution >= 0.6 is 0 Å². The lowest BCUT2D eigenvalue weighted by molar-refractivity contribution is -0.0627. The van der Waals surface area contributed by atoms with Crippen LogP contribution in [0.5, 0.6) is 0 Å². The maximum atomic E-state index is 5.73. The highest BCUT2D eigenvalue weighted by molar-refractivity contribution is 5.14. The third-order valence-corrected chi connectivity index (χ3v) is 3.60. The Morgan fingerprint density at radius 2 is 2.00 bits per heavy atom. The molecule has 0 aliphatic carbocycles. The smallest absolute Gasteiger partial charge is 0.0641 e. The van der Waals surface area contributed by atoms with E-state index in [0.717, 1.165) is 39.1 Å². The molecule has 3 nitrogen and oxygen atoms in total. The highest BCUT2D eigenvalue weighted by Crippen LogP contribution is 2.23. The van der Waals surface area contributed by atoms with E-state index in [-0.39, 0.29) is 5.60 Å². The SMILES string of the molecule is CC1(C)C[C@H](NCCNCc2ccccc2)CCO1. The average Bonchev–Trinajstić information content (AvgIpc) is 2.38. The van der Waals surface area contributed by atoms with Crippen LogP contribution in [0.25, 0.3) is 0 Å². The molecule has 0 unspecified atom stereocenters. The predicted octanol–water partition coefficient (Wildman–Crippen LogP) is 2.32. The van der Waals surface area contributed by atoms with Gasteiger partial charge in [0.2, 0.25) is 0 Å². The summed E-state index contributed by atoms with van der Waals surface area (Å²) in [5, 5.41) is 7.09. The molecule has 2 N–H and O–H groups in total. The molecule has 106 valence electrons. The molecule has 1 saturated heterocycles. The summed E-state index contributed by atoms with van der Waals surface area (Å²) >= 11 is 0. The molecule has 0 radical (unpaired) electrons. The van der Waals surface area contributed by atoms with Crippen LogP contribution in [0.1, 0.15) is 32.3 Å². The molecule has 19 heavy (non-hydrogen) atoms. The van der Waals surface area contributed by atoms with E-state index in [9.17, 15) is 0 Å². The summed E-state index contributed by atoms with van der Waals surface area (Å²) in [4.78, 5) is 0. The molecule has 0 amide bonds. The Morgan fingerprint density at radius 3 is 2.74 bits per heavy atom. The van der Waals surface area contributed by atoms with Gasteiger partial charge in [-0.3, -0.25) is 0 Å². The molecule has 1 heterocycles. The van der Waals surface area contributed by atoms with Gasteiger partial charge in [0.15, 0.2) is 0 Å². The Morgan fingerprint density at radius 1 is 1.21 bits per heavy atom. The van der Waals surface area contributed by atoms with Gasteiger partial charge < -0.3 is 15.4 Å². The third-order valence-electron chi connectivity index (χ3n) is 3.60. The first-order valence-corrected chi connectivity index (χ1v) is 7.28. The van der Waals surface area contributed by atoms with E-state index in [1.807, 2.05) is 0 Å². The fourth-order valence-corrected chi connectivity index (χ4v) is 2.60. The second kappa shape index (κ2) is 7.04. The molecule has 0 spiro atoms.